The monoisotopic (exact) mass is 410 g/mol. The van der Waals surface area contributed by atoms with E-state index >= 15 is 0 Å². The van der Waals surface area contributed by atoms with E-state index in [-0.39, 0.29) is 17.4 Å². The van der Waals surface area contributed by atoms with Crippen LogP contribution in [0, 0.1) is 13.8 Å². The third kappa shape index (κ3) is 5.58. The SMILES string of the molecule is Cc1ccc(C)c(NC(=O)COc2ccc(S(=O)(=O)Nc3ccccc3)cc2)c1. The van der Waals surface area contributed by atoms with E-state index in [9.17, 15) is 13.2 Å². The number of nitrogens with one attached hydrogen (secondary N) is 2. The lowest BCUT2D eigenvalue weighted by atomic mass is 10.1. The Balaban J connectivity index is 1.59. The van der Waals surface area contributed by atoms with Gasteiger partial charge >= 0.3 is 0 Å². The largest absolute Gasteiger partial charge is 0.484 e. The van der Waals surface area contributed by atoms with Crippen molar-refractivity contribution in [3.63, 3.8) is 0 Å². The van der Waals surface area contributed by atoms with E-state index in [1.807, 2.05) is 32.0 Å². The van der Waals surface area contributed by atoms with Gasteiger partial charge in [0.25, 0.3) is 15.9 Å². The van der Waals surface area contributed by atoms with E-state index in [0.29, 0.717) is 11.4 Å². The van der Waals surface area contributed by atoms with Gasteiger partial charge in [-0.15, -0.1) is 0 Å². The molecule has 150 valence electrons. The summed E-state index contributed by atoms with van der Waals surface area (Å²) < 4.78 is 32.8. The number of rotatable bonds is 7. The maximum Gasteiger partial charge on any atom is 0.262 e. The first-order valence-corrected chi connectivity index (χ1v) is 10.5. The number of carbonyl (C=O) groups is 1. The normalized spacial score (nSPS) is 11.0. The minimum atomic E-state index is -3.70. The molecule has 7 heteroatoms. The summed E-state index contributed by atoms with van der Waals surface area (Å²) in [6.07, 6.45) is 0. The first-order chi connectivity index (χ1) is 13.8. The summed E-state index contributed by atoms with van der Waals surface area (Å²) in [4.78, 5) is 12.2. The van der Waals surface area contributed by atoms with Crippen molar-refractivity contribution in [2.75, 3.05) is 16.6 Å². The highest BCUT2D eigenvalue weighted by atomic mass is 32.2. The van der Waals surface area contributed by atoms with Gasteiger partial charge in [-0.2, -0.15) is 0 Å². The van der Waals surface area contributed by atoms with Crippen LogP contribution >= 0.6 is 0 Å². The molecule has 0 saturated carbocycles. The van der Waals surface area contributed by atoms with Gasteiger partial charge in [0.1, 0.15) is 5.75 Å². The topological polar surface area (TPSA) is 84.5 Å². The molecule has 6 nitrogen and oxygen atoms in total. The van der Waals surface area contributed by atoms with Gasteiger partial charge in [0.05, 0.1) is 4.90 Å². The first kappa shape index (κ1) is 20.4. The number of carbonyl (C=O) groups excluding carboxylic acids is 1. The summed E-state index contributed by atoms with van der Waals surface area (Å²) in [5, 5.41) is 2.81. The minimum absolute atomic E-state index is 0.105. The van der Waals surface area contributed by atoms with Crippen molar-refractivity contribution < 1.29 is 17.9 Å². The number of hydrogen-bond acceptors (Lipinski definition) is 4. The summed E-state index contributed by atoms with van der Waals surface area (Å²) >= 11 is 0. The maximum atomic E-state index is 12.4. The molecule has 2 N–H and O–H groups in total. The fraction of sp³-hybridized carbons (Fsp3) is 0.136. The van der Waals surface area contributed by atoms with Crippen molar-refractivity contribution in [1.82, 2.24) is 0 Å². The fourth-order valence-corrected chi connectivity index (χ4v) is 3.70. The van der Waals surface area contributed by atoms with Crippen LogP contribution in [0.15, 0.2) is 77.7 Å². The predicted octanol–water partition coefficient (Wildman–Crippen LogP) is 4.12. The number of ether oxygens (including phenoxy) is 1. The van der Waals surface area contributed by atoms with Crippen LogP contribution in [0.4, 0.5) is 11.4 Å². The zero-order valence-corrected chi connectivity index (χ0v) is 17.0. The van der Waals surface area contributed by atoms with Gasteiger partial charge in [-0.3, -0.25) is 9.52 Å². The predicted molar refractivity (Wildman–Crippen MR) is 114 cm³/mol. The molecule has 0 fully saturated rings. The van der Waals surface area contributed by atoms with Crippen molar-refractivity contribution in [2.45, 2.75) is 18.7 Å². The fourth-order valence-electron chi connectivity index (χ4n) is 2.64. The summed E-state index contributed by atoms with van der Waals surface area (Å²) in [7, 11) is -3.70. The smallest absolute Gasteiger partial charge is 0.262 e. The summed E-state index contributed by atoms with van der Waals surface area (Å²) in [5.41, 5.74) is 3.24. The van der Waals surface area contributed by atoms with Crippen molar-refractivity contribution in [2.24, 2.45) is 0 Å². The Kier molecular flexibility index (Phi) is 6.19. The van der Waals surface area contributed by atoms with E-state index in [2.05, 4.69) is 10.0 Å². The van der Waals surface area contributed by atoms with Crippen LogP contribution in [0.2, 0.25) is 0 Å². The third-order valence-electron chi connectivity index (χ3n) is 4.20. The molecule has 0 saturated heterocycles. The van der Waals surface area contributed by atoms with Crippen molar-refractivity contribution in [1.29, 1.82) is 0 Å². The Morgan fingerprint density at radius 1 is 0.931 bits per heavy atom. The molecule has 3 rings (SSSR count). The second-order valence-corrected chi connectivity index (χ2v) is 8.28. The van der Waals surface area contributed by atoms with Crippen molar-refractivity contribution in [3.05, 3.63) is 83.9 Å². The van der Waals surface area contributed by atoms with E-state index in [0.717, 1.165) is 16.8 Å². The number of benzene rings is 3. The summed E-state index contributed by atoms with van der Waals surface area (Å²) in [6, 6.07) is 20.4. The zero-order chi connectivity index (χ0) is 20.9. The van der Waals surface area contributed by atoms with E-state index in [1.54, 1.807) is 30.3 Å². The Morgan fingerprint density at radius 3 is 2.31 bits per heavy atom. The second kappa shape index (κ2) is 8.79. The van der Waals surface area contributed by atoms with Crippen LogP contribution in [0.5, 0.6) is 5.75 Å². The van der Waals surface area contributed by atoms with Crippen LogP contribution < -0.4 is 14.8 Å². The van der Waals surface area contributed by atoms with Gasteiger partial charge in [0.2, 0.25) is 0 Å². The Labute approximate surface area is 170 Å². The van der Waals surface area contributed by atoms with Gasteiger partial charge in [-0.25, -0.2) is 8.42 Å². The molecule has 3 aromatic rings. The maximum absolute atomic E-state index is 12.4. The van der Waals surface area contributed by atoms with Crippen molar-refractivity contribution in [3.8, 4) is 5.75 Å². The number of aryl methyl sites for hydroxylation is 2. The average molecular weight is 410 g/mol. The molecule has 0 heterocycles. The summed E-state index contributed by atoms with van der Waals surface area (Å²) in [6.45, 7) is 3.69. The first-order valence-electron chi connectivity index (χ1n) is 9.01. The summed E-state index contributed by atoms with van der Waals surface area (Å²) in [5.74, 6) is 0.112. The quantitative estimate of drug-likeness (QED) is 0.614. The molecule has 0 bridgehead atoms. The lowest BCUT2D eigenvalue weighted by Gasteiger charge is -2.11. The molecular weight excluding hydrogens is 388 g/mol. The van der Waals surface area contributed by atoms with Crippen LogP contribution in [0.3, 0.4) is 0 Å². The van der Waals surface area contributed by atoms with E-state index in [1.165, 1.54) is 24.3 Å². The molecule has 0 unspecified atom stereocenters. The lowest BCUT2D eigenvalue weighted by Crippen LogP contribution is -2.20. The van der Waals surface area contributed by atoms with Crippen LogP contribution in [-0.2, 0) is 14.8 Å². The highest BCUT2D eigenvalue weighted by Crippen LogP contribution is 2.20. The molecule has 0 radical (unpaired) electrons. The molecule has 0 aliphatic carbocycles. The second-order valence-electron chi connectivity index (χ2n) is 6.60. The molecule has 0 aliphatic rings. The van der Waals surface area contributed by atoms with Gasteiger partial charge in [0.15, 0.2) is 6.61 Å². The van der Waals surface area contributed by atoms with E-state index in [4.69, 9.17) is 4.74 Å². The third-order valence-corrected chi connectivity index (χ3v) is 5.59. The number of para-hydroxylation sites is 1. The molecule has 1 amide bonds. The molecule has 29 heavy (non-hydrogen) atoms. The average Bonchev–Trinajstić information content (AvgIpc) is 2.70. The highest BCUT2D eigenvalue weighted by molar-refractivity contribution is 7.92. The van der Waals surface area contributed by atoms with Crippen LogP contribution in [0.25, 0.3) is 0 Å². The van der Waals surface area contributed by atoms with Gasteiger partial charge in [-0.1, -0.05) is 30.3 Å². The molecule has 0 spiro atoms. The highest BCUT2D eigenvalue weighted by Gasteiger charge is 2.14. The zero-order valence-electron chi connectivity index (χ0n) is 16.2. The lowest BCUT2D eigenvalue weighted by molar-refractivity contribution is -0.118. The molecule has 0 aliphatic heterocycles. The molecular formula is C22H22N2O4S. The number of sulfonamides is 1. The minimum Gasteiger partial charge on any atom is -0.484 e. The number of anilines is 2. The Morgan fingerprint density at radius 2 is 1.62 bits per heavy atom. The van der Waals surface area contributed by atoms with Gasteiger partial charge in [0, 0.05) is 11.4 Å². The van der Waals surface area contributed by atoms with Crippen LogP contribution in [-0.4, -0.2) is 20.9 Å². The Bertz CT molecular complexity index is 1100. The van der Waals surface area contributed by atoms with Gasteiger partial charge < -0.3 is 10.1 Å². The van der Waals surface area contributed by atoms with Crippen molar-refractivity contribution >= 4 is 27.3 Å². The number of hydrogen-bond donors (Lipinski definition) is 2. The standard InChI is InChI=1S/C22H22N2O4S/c1-16-8-9-17(2)21(14-16)23-22(25)15-28-19-10-12-20(13-11-19)29(26,27)24-18-6-4-3-5-7-18/h3-14,24H,15H2,1-2H3,(H,23,25). The molecule has 0 atom stereocenters. The Hall–Kier alpha value is -3.32. The molecule has 3 aromatic carbocycles. The van der Waals surface area contributed by atoms with Gasteiger partial charge in [-0.05, 0) is 67.4 Å². The molecule has 0 aromatic heterocycles. The van der Waals surface area contributed by atoms with E-state index < -0.39 is 10.0 Å². The number of amides is 1. The van der Waals surface area contributed by atoms with Crippen LogP contribution in [0.1, 0.15) is 11.1 Å².